The molecule has 0 atom stereocenters. The molecule has 2 aromatic carbocycles. The molecule has 0 bridgehead atoms. The summed E-state index contributed by atoms with van der Waals surface area (Å²) in [6.07, 6.45) is 0. The molecule has 0 unspecified atom stereocenters. The molecule has 1 aliphatic heterocycles. The molecule has 1 aliphatic rings. The van der Waals surface area contributed by atoms with Crippen LogP contribution in [0.25, 0.3) is 0 Å². The van der Waals surface area contributed by atoms with E-state index in [1.54, 1.807) is 12.1 Å². The van der Waals surface area contributed by atoms with Gasteiger partial charge in [-0.1, -0.05) is 18.2 Å². The molecule has 1 amide bonds. The lowest BCUT2D eigenvalue weighted by Gasteiger charge is -2.35. The lowest BCUT2D eigenvalue weighted by molar-refractivity contribution is 0.0745. The van der Waals surface area contributed by atoms with Gasteiger partial charge in [0.1, 0.15) is 17.4 Å². The zero-order valence-electron chi connectivity index (χ0n) is 19.8. The Balaban J connectivity index is 1.46. The van der Waals surface area contributed by atoms with E-state index in [2.05, 4.69) is 14.9 Å². The second-order valence-corrected chi connectivity index (χ2v) is 7.72. The maximum Gasteiger partial charge on any atom is 0.254 e. The fraction of sp³-hybridized carbons (Fsp3) is 0.320. The molecule has 0 aliphatic carbocycles. The van der Waals surface area contributed by atoms with Crippen LogP contribution in [0.4, 0.5) is 5.82 Å². The van der Waals surface area contributed by atoms with Gasteiger partial charge in [0.15, 0.2) is 11.5 Å². The van der Waals surface area contributed by atoms with Crippen LogP contribution in [0.5, 0.6) is 28.9 Å². The smallest absolute Gasteiger partial charge is 0.254 e. The highest BCUT2D eigenvalue weighted by Gasteiger charge is 2.26. The van der Waals surface area contributed by atoms with E-state index in [-0.39, 0.29) is 5.91 Å². The molecule has 0 radical (unpaired) electrons. The Bertz CT molecular complexity index is 1120. The number of piperazine rings is 1. The predicted octanol–water partition coefficient (Wildman–Crippen LogP) is 3.57. The van der Waals surface area contributed by atoms with Crippen LogP contribution in [0.1, 0.15) is 16.2 Å². The van der Waals surface area contributed by atoms with E-state index in [9.17, 15) is 4.79 Å². The number of rotatable bonds is 7. The van der Waals surface area contributed by atoms with Crippen LogP contribution in [0.3, 0.4) is 0 Å². The van der Waals surface area contributed by atoms with Crippen LogP contribution in [0.2, 0.25) is 0 Å². The second-order valence-electron chi connectivity index (χ2n) is 7.72. The number of hydrogen-bond acceptors (Lipinski definition) is 8. The number of methoxy groups -OCH3 is 3. The van der Waals surface area contributed by atoms with Gasteiger partial charge in [-0.2, -0.15) is 4.98 Å². The summed E-state index contributed by atoms with van der Waals surface area (Å²) in [5.74, 6) is 3.87. The molecule has 9 nitrogen and oxygen atoms in total. The minimum Gasteiger partial charge on any atom is -0.493 e. The predicted molar refractivity (Wildman–Crippen MR) is 127 cm³/mol. The topological polar surface area (TPSA) is 86.3 Å². The maximum absolute atomic E-state index is 13.2. The fourth-order valence-corrected chi connectivity index (χ4v) is 3.87. The number of anilines is 1. The highest BCUT2D eigenvalue weighted by Crippen LogP contribution is 2.38. The first-order valence-corrected chi connectivity index (χ1v) is 10.9. The van der Waals surface area contributed by atoms with Crippen molar-refractivity contribution in [2.24, 2.45) is 0 Å². The summed E-state index contributed by atoms with van der Waals surface area (Å²) in [4.78, 5) is 26.1. The number of para-hydroxylation sites is 1. The molecule has 1 saturated heterocycles. The molecule has 0 saturated carbocycles. The zero-order valence-corrected chi connectivity index (χ0v) is 19.8. The van der Waals surface area contributed by atoms with Gasteiger partial charge in [-0.3, -0.25) is 4.79 Å². The van der Waals surface area contributed by atoms with Crippen molar-refractivity contribution in [2.75, 3.05) is 52.4 Å². The highest BCUT2D eigenvalue weighted by atomic mass is 16.5. The van der Waals surface area contributed by atoms with Gasteiger partial charge in [0.2, 0.25) is 11.6 Å². The molecule has 2 heterocycles. The van der Waals surface area contributed by atoms with Gasteiger partial charge in [0.05, 0.1) is 21.3 Å². The second kappa shape index (κ2) is 10.3. The maximum atomic E-state index is 13.2. The van der Waals surface area contributed by atoms with Crippen LogP contribution < -0.4 is 23.8 Å². The standard InChI is InChI=1S/C25H28N4O5/c1-17-26-22(16-23(27-17)34-19-8-6-5-7-9-19)28-10-12-29(13-11-28)25(30)18-14-20(31-2)24(33-4)21(15-18)32-3/h5-9,14-16H,10-13H2,1-4H3. The molecule has 0 spiro atoms. The van der Waals surface area contributed by atoms with Crippen molar-refractivity contribution in [3.63, 3.8) is 0 Å². The van der Waals surface area contributed by atoms with Crippen molar-refractivity contribution in [3.05, 3.63) is 59.9 Å². The number of aromatic nitrogens is 2. The third-order valence-corrected chi connectivity index (χ3v) is 5.57. The molecule has 0 N–H and O–H groups in total. The van der Waals surface area contributed by atoms with E-state index in [1.807, 2.05) is 48.2 Å². The number of hydrogen-bond donors (Lipinski definition) is 0. The van der Waals surface area contributed by atoms with E-state index >= 15 is 0 Å². The van der Waals surface area contributed by atoms with Crippen LogP contribution in [0, 0.1) is 6.92 Å². The molecule has 9 heteroatoms. The van der Waals surface area contributed by atoms with Crippen molar-refractivity contribution >= 4 is 11.7 Å². The first-order valence-electron chi connectivity index (χ1n) is 10.9. The largest absolute Gasteiger partial charge is 0.493 e. The molecule has 4 rings (SSSR count). The summed E-state index contributed by atoms with van der Waals surface area (Å²) < 4.78 is 22.0. The molecule has 1 aromatic heterocycles. The number of benzene rings is 2. The van der Waals surface area contributed by atoms with E-state index in [0.717, 1.165) is 5.82 Å². The highest BCUT2D eigenvalue weighted by molar-refractivity contribution is 5.95. The Hall–Kier alpha value is -4.01. The molecule has 34 heavy (non-hydrogen) atoms. The third kappa shape index (κ3) is 4.98. The number of nitrogens with zero attached hydrogens (tertiary/aromatic N) is 4. The number of carbonyl (C=O) groups excluding carboxylic acids is 1. The normalized spacial score (nSPS) is 13.4. The summed E-state index contributed by atoms with van der Waals surface area (Å²) in [5.41, 5.74) is 0.486. The molecular formula is C25H28N4O5. The van der Waals surface area contributed by atoms with E-state index in [4.69, 9.17) is 18.9 Å². The Morgan fingerprint density at radius 3 is 2.09 bits per heavy atom. The SMILES string of the molecule is COc1cc(C(=O)N2CCN(c3cc(Oc4ccccc4)nc(C)n3)CC2)cc(OC)c1OC. The molecule has 178 valence electrons. The van der Waals surface area contributed by atoms with Gasteiger partial charge in [-0.25, -0.2) is 4.98 Å². The summed E-state index contributed by atoms with van der Waals surface area (Å²) >= 11 is 0. The quantitative estimate of drug-likeness (QED) is 0.525. The summed E-state index contributed by atoms with van der Waals surface area (Å²) in [7, 11) is 4.60. The van der Waals surface area contributed by atoms with Gasteiger partial charge >= 0.3 is 0 Å². The average molecular weight is 465 g/mol. The summed E-state index contributed by atoms with van der Waals surface area (Å²) in [6.45, 7) is 4.21. The molecular weight excluding hydrogens is 436 g/mol. The monoisotopic (exact) mass is 464 g/mol. The number of carbonyl (C=O) groups is 1. The van der Waals surface area contributed by atoms with Crippen LogP contribution in [-0.4, -0.2) is 68.3 Å². The number of ether oxygens (including phenoxy) is 4. The van der Waals surface area contributed by atoms with Crippen molar-refractivity contribution in [3.8, 4) is 28.9 Å². The average Bonchev–Trinajstić information content (AvgIpc) is 2.87. The van der Waals surface area contributed by atoms with Crippen molar-refractivity contribution < 1.29 is 23.7 Å². The minimum absolute atomic E-state index is 0.0918. The third-order valence-electron chi connectivity index (χ3n) is 5.57. The first kappa shape index (κ1) is 23.2. The van der Waals surface area contributed by atoms with Crippen LogP contribution >= 0.6 is 0 Å². The van der Waals surface area contributed by atoms with Crippen LogP contribution in [0.15, 0.2) is 48.5 Å². The summed E-state index contributed by atoms with van der Waals surface area (Å²) in [5, 5.41) is 0. The van der Waals surface area contributed by atoms with E-state index in [1.165, 1.54) is 21.3 Å². The van der Waals surface area contributed by atoms with Gasteiger partial charge in [-0.15, -0.1) is 0 Å². The van der Waals surface area contributed by atoms with Gasteiger partial charge in [0.25, 0.3) is 5.91 Å². The summed E-state index contributed by atoms with van der Waals surface area (Å²) in [6, 6.07) is 14.7. The first-order chi connectivity index (χ1) is 16.5. The van der Waals surface area contributed by atoms with Crippen LogP contribution in [-0.2, 0) is 0 Å². The zero-order chi connectivity index (χ0) is 24.1. The Morgan fingerprint density at radius 2 is 1.50 bits per heavy atom. The van der Waals surface area contributed by atoms with Crippen molar-refractivity contribution in [1.82, 2.24) is 14.9 Å². The fourth-order valence-electron chi connectivity index (χ4n) is 3.87. The van der Waals surface area contributed by atoms with Gasteiger partial charge in [0, 0.05) is 37.8 Å². The Kier molecular flexibility index (Phi) is 7.01. The van der Waals surface area contributed by atoms with E-state index < -0.39 is 0 Å². The van der Waals surface area contributed by atoms with E-state index in [0.29, 0.717) is 66.4 Å². The lowest BCUT2D eigenvalue weighted by atomic mass is 10.1. The molecule has 3 aromatic rings. The number of aryl methyl sites for hydroxylation is 1. The minimum atomic E-state index is -0.0918. The number of amides is 1. The van der Waals surface area contributed by atoms with Gasteiger partial charge in [-0.05, 0) is 31.2 Å². The van der Waals surface area contributed by atoms with Crippen molar-refractivity contribution in [2.45, 2.75) is 6.92 Å². The van der Waals surface area contributed by atoms with Gasteiger partial charge < -0.3 is 28.7 Å². The Labute approximate surface area is 198 Å². The van der Waals surface area contributed by atoms with Crippen molar-refractivity contribution in [1.29, 1.82) is 0 Å². The molecule has 1 fully saturated rings. The lowest BCUT2D eigenvalue weighted by Crippen LogP contribution is -2.49. The Morgan fingerprint density at radius 1 is 0.853 bits per heavy atom.